The largest absolute Gasteiger partial charge is 0.329 e. The van der Waals surface area contributed by atoms with Crippen molar-refractivity contribution in [2.75, 3.05) is 26.7 Å². The smallest absolute Gasteiger partial charge is 0.243 e. The molecule has 0 aliphatic carbocycles. The lowest BCUT2D eigenvalue weighted by molar-refractivity contribution is 0.346. The summed E-state index contributed by atoms with van der Waals surface area (Å²) in [7, 11) is -6.06. The normalized spacial score (nSPS) is 18.4. The summed E-state index contributed by atoms with van der Waals surface area (Å²) in [4.78, 5) is 0.0285. The van der Waals surface area contributed by atoms with Crippen LogP contribution < -0.4 is 5.73 Å². The second-order valence-electron chi connectivity index (χ2n) is 6.50. The Morgan fingerprint density at radius 3 is 2.32 bits per heavy atom. The van der Waals surface area contributed by atoms with E-state index >= 15 is 0 Å². The number of nitrogens with zero attached hydrogens (tertiary/aromatic N) is 2. The molecule has 1 heterocycles. The number of piperidine rings is 1. The molecule has 142 valence electrons. The van der Waals surface area contributed by atoms with Crippen LogP contribution in [0.2, 0.25) is 0 Å². The minimum absolute atomic E-state index is 0.0310. The fourth-order valence-corrected chi connectivity index (χ4v) is 6.06. The molecule has 0 spiro atoms. The van der Waals surface area contributed by atoms with Gasteiger partial charge in [0.05, 0.1) is 9.79 Å². The van der Waals surface area contributed by atoms with E-state index in [1.54, 1.807) is 19.9 Å². The average molecular weight is 390 g/mol. The third kappa shape index (κ3) is 4.06. The van der Waals surface area contributed by atoms with Gasteiger partial charge in [0.1, 0.15) is 0 Å². The molecule has 25 heavy (non-hydrogen) atoms. The molecule has 0 amide bonds. The van der Waals surface area contributed by atoms with Gasteiger partial charge in [0.15, 0.2) is 0 Å². The molecule has 0 saturated carbocycles. The molecule has 1 saturated heterocycles. The van der Waals surface area contributed by atoms with Crippen LogP contribution in [0, 0.1) is 6.92 Å². The van der Waals surface area contributed by atoms with Gasteiger partial charge in [0.2, 0.25) is 20.0 Å². The van der Waals surface area contributed by atoms with Gasteiger partial charge in [0, 0.05) is 32.7 Å². The highest BCUT2D eigenvalue weighted by atomic mass is 32.2. The maximum atomic E-state index is 12.9. The Morgan fingerprint density at radius 2 is 1.76 bits per heavy atom. The van der Waals surface area contributed by atoms with Gasteiger partial charge in [0.25, 0.3) is 0 Å². The Balaban J connectivity index is 2.47. The summed E-state index contributed by atoms with van der Waals surface area (Å²) in [5, 5.41) is 0. The zero-order chi connectivity index (χ0) is 18.8. The molecule has 0 bridgehead atoms. The Kier molecular flexibility index (Phi) is 6.26. The lowest BCUT2D eigenvalue weighted by atomic mass is 10.2. The molecule has 1 aromatic rings. The predicted molar refractivity (Wildman–Crippen MR) is 97.3 cm³/mol. The maximum absolute atomic E-state index is 12.9. The molecule has 9 heteroatoms. The molecule has 1 fully saturated rings. The van der Waals surface area contributed by atoms with E-state index < -0.39 is 20.0 Å². The predicted octanol–water partition coefficient (Wildman–Crippen LogP) is 1.14. The third-order valence-corrected chi connectivity index (χ3v) is 8.74. The SMILES string of the molecule is Cc1ccc(S(=O)(=O)N(C)C(C)CN)cc1S(=O)(=O)N1CCCCC1. The van der Waals surface area contributed by atoms with Crippen molar-refractivity contribution in [3.8, 4) is 0 Å². The van der Waals surface area contributed by atoms with Gasteiger partial charge in [-0.25, -0.2) is 16.8 Å². The fourth-order valence-electron chi connectivity index (χ4n) is 2.81. The minimum Gasteiger partial charge on any atom is -0.329 e. The number of sulfonamides is 2. The Morgan fingerprint density at radius 1 is 1.16 bits per heavy atom. The van der Waals surface area contributed by atoms with Crippen molar-refractivity contribution in [3.63, 3.8) is 0 Å². The van der Waals surface area contributed by atoms with Crippen LogP contribution in [0.5, 0.6) is 0 Å². The Bertz CT molecular complexity index is 816. The van der Waals surface area contributed by atoms with Crippen LogP contribution in [-0.4, -0.2) is 58.2 Å². The van der Waals surface area contributed by atoms with E-state index in [0.717, 1.165) is 19.3 Å². The summed E-state index contributed by atoms with van der Waals surface area (Å²) < 4.78 is 54.0. The van der Waals surface area contributed by atoms with Gasteiger partial charge < -0.3 is 5.73 Å². The molecule has 2 N–H and O–H groups in total. The molecule has 1 aliphatic rings. The second kappa shape index (κ2) is 7.71. The maximum Gasteiger partial charge on any atom is 0.243 e. The summed E-state index contributed by atoms with van der Waals surface area (Å²) in [5.74, 6) is 0. The molecular formula is C16H27N3O4S2. The van der Waals surface area contributed by atoms with Crippen molar-refractivity contribution in [2.45, 2.75) is 48.9 Å². The molecule has 1 atom stereocenters. The van der Waals surface area contributed by atoms with Crippen molar-refractivity contribution in [2.24, 2.45) is 5.73 Å². The molecular weight excluding hydrogens is 362 g/mol. The monoisotopic (exact) mass is 389 g/mol. The fraction of sp³-hybridized carbons (Fsp3) is 0.625. The van der Waals surface area contributed by atoms with E-state index in [2.05, 4.69) is 0 Å². The number of benzene rings is 1. The van der Waals surface area contributed by atoms with Crippen molar-refractivity contribution >= 4 is 20.0 Å². The first-order valence-corrected chi connectivity index (χ1v) is 11.3. The van der Waals surface area contributed by atoms with E-state index in [9.17, 15) is 16.8 Å². The van der Waals surface area contributed by atoms with E-state index in [1.807, 2.05) is 0 Å². The highest BCUT2D eigenvalue weighted by molar-refractivity contribution is 7.90. The minimum atomic E-state index is -3.81. The van der Waals surface area contributed by atoms with E-state index in [0.29, 0.717) is 18.7 Å². The number of aryl methyl sites for hydroxylation is 1. The van der Waals surface area contributed by atoms with Crippen LogP contribution in [0.1, 0.15) is 31.7 Å². The average Bonchev–Trinajstić information content (AvgIpc) is 2.61. The first-order valence-electron chi connectivity index (χ1n) is 8.41. The van der Waals surface area contributed by atoms with Crippen LogP contribution in [0.25, 0.3) is 0 Å². The Hall–Kier alpha value is -1.00. The molecule has 2 rings (SSSR count). The molecule has 0 aromatic heterocycles. The van der Waals surface area contributed by atoms with E-state index in [4.69, 9.17) is 5.73 Å². The summed E-state index contributed by atoms with van der Waals surface area (Å²) in [6, 6.07) is 3.88. The van der Waals surface area contributed by atoms with Gasteiger partial charge >= 0.3 is 0 Å². The van der Waals surface area contributed by atoms with Gasteiger partial charge in [-0.1, -0.05) is 12.5 Å². The zero-order valence-electron chi connectivity index (χ0n) is 15.0. The molecule has 7 nitrogen and oxygen atoms in total. The number of rotatable bonds is 6. The topological polar surface area (TPSA) is 101 Å². The second-order valence-corrected chi connectivity index (χ2v) is 10.4. The number of nitrogens with two attached hydrogens (primary N) is 1. The molecule has 0 radical (unpaired) electrons. The standard InChI is InChI=1S/C16H27N3O4S2/c1-13-7-8-15(24(20,21)18(3)14(2)12-17)11-16(13)25(22,23)19-9-5-4-6-10-19/h7-8,11,14H,4-6,9-10,12,17H2,1-3H3. The molecule has 1 aliphatic heterocycles. The molecule has 1 aromatic carbocycles. The van der Waals surface area contributed by atoms with Crippen LogP contribution in [-0.2, 0) is 20.0 Å². The zero-order valence-corrected chi connectivity index (χ0v) is 16.6. The van der Waals surface area contributed by atoms with Crippen LogP contribution in [0.15, 0.2) is 28.0 Å². The highest BCUT2D eigenvalue weighted by Crippen LogP contribution is 2.27. The van der Waals surface area contributed by atoms with Crippen LogP contribution >= 0.6 is 0 Å². The lowest BCUT2D eigenvalue weighted by Crippen LogP contribution is -2.40. The quantitative estimate of drug-likeness (QED) is 0.786. The Labute approximate surface area is 150 Å². The lowest BCUT2D eigenvalue weighted by Gasteiger charge is -2.27. The number of likely N-dealkylation sites (N-methyl/N-ethyl adjacent to an activating group) is 1. The van der Waals surface area contributed by atoms with Crippen LogP contribution in [0.4, 0.5) is 0 Å². The highest BCUT2D eigenvalue weighted by Gasteiger charge is 2.30. The van der Waals surface area contributed by atoms with Crippen molar-refractivity contribution in [3.05, 3.63) is 23.8 Å². The van der Waals surface area contributed by atoms with Crippen LogP contribution in [0.3, 0.4) is 0 Å². The summed E-state index contributed by atoms with van der Waals surface area (Å²) in [6.45, 7) is 4.52. The summed E-state index contributed by atoms with van der Waals surface area (Å²) in [5.41, 5.74) is 6.10. The van der Waals surface area contributed by atoms with E-state index in [-0.39, 0.29) is 22.4 Å². The van der Waals surface area contributed by atoms with Crippen molar-refractivity contribution in [1.29, 1.82) is 0 Å². The third-order valence-electron chi connectivity index (χ3n) is 4.73. The van der Waals surface area contributed by atoms with Crippen molar-refractivity contribution in [1.82, 2.24) is 8.61 Å². The van der Waals surface area contributed by atoms with Gasteiger partial charge in [-0.15, -0.1) is 0 Å². The van der Waals surface area contributed by atoms with E-state index in [1.165, 1.54) is 27.8 Å². The number of hydrogen-bond donors (Lipinski definition) is 1. The molecule has 1 unspecified atom stereocenters. The van der Waals surface area contributed by atoms with Gasteiger partial charge in [-0.2, -0.15) is 8.61 Å². The first kappa shape index (κ1) is 20.3. The van der Waals surface area contributed by atoms with Gasteiger partial charge in [-0.3, -0.25) is 0 Å². The summed E-state index contributed by atoms with van der Waals surface area (Å²) in [6.07, 6.45) is 2.67. The number of hydrogen-bond acceptors (Lipinski definition) is 5. The van der Waals surface area contributed by atoms with Gasteiger partial charge in [-0.05, 0) is 44.4 Å². The first-order chi connectivity index (χ1) is 11.6. The van der Waals surface area contributed by atoms with Crippen molar-refractivity contribution < 1.29 is 16.8 Å². The summed E-state index contributed by atoms with van der Waals surface area (Å²) >= 11 is 0.